The molecule has 4 aromatic rings. The van der Waals surface area contributed by atoms with Crippen molar-refractivity contribution in [1.29, 1.82) is 0 Å². The smallest absolute Gasteiger partial charge is 0.291 e. The number of benzene rings is 2. The molecule has 158 valence electrons. The number of anilines is 1. The Labute approximate surface area is 189 Å². The lowest BCUT2D eigenvalue weighted by atomic mass is 10.1. The number of aryl methyl sites for hydroxylation is 1. The van der Waals surface area contributed by atoms with E-state index in [1.165, 1.54) is 5.56 Å². The molecule has 0 fully saturated rings. The number of amides is 1. The van der Waals surface area contributed by atoms with Gasteiger partial charge in [-0.3, -0.25) is 9.48 Å². The zero-order valence-electron chi connectivity index (χ0n) is 16.6. The molecule has 2 heterocycles. The van der Waals surface area contributed by atoms with Gasteiger partial charge in [0.1, 0.15) is 18.1 Å². The largest absolute Gasteiger partial charge is 0.484 e. The number of carbonyl (C=O) groups excluding carboxylic acids is 1. The van der Waals surface area contributed by atoms with Gasteiger partial charge in [0.05, 0.1) is 23.5 Å². The molecule has 0 saturated carbocycles. The maximum absolute atomic E-state index is 12.5. The Morgan fingerprint density at radius 1 is 1.16 bits per heavy atom. The molecule has 2 aromatic heterocycles. The first kappa shape index (κ1) is 21.0. The summed E-state index contributed by atoms with van der Waals surface area (Å²) in [5, 5.41) is 8.01. The van der Waals surface area contributed by atoms with Crippen LogP contribution < -0.4 is 10.1 Å². The molecule has 0 bridgehead atoms. The maximum atomic E-state index is 12.5. The lowest BCUT2D eigenvalue weighted by Gasteiger charge is -2.06. The summed E-state index contributed by atoms with van der Waals surface area (Å²) in [5.41, 5.74) is 2.91. The van der Waals surface area contributed by atoms with Crippen LogP contribution in [0.2, 0.25) is 10.0 Å². The highest BCUT2D eigenvalue weighted by Gasteiger charge is 2.13. The third kappa shape index (κ3) is 5.48. The number of halogens is 2. The molecule has 1 N–H and O–H groups in total. The summed E-state index contributed by atoms with van der Waals surface area (Å²) < 4.78 is 13.0. The van der Waals surface area contributed by atoms with Crippen LogP contribution in [-0.4, -0.2) is 15.7 Å². The fourth-order valence-corrected chi connectivity index (χ4v) is 3.49. The van der Waals surface area contributed by atoms with Gasteiger partial charge in [-0.2, -0.15) is 5.10 Å². The van der Waals surface area contributed by atoms with Crippen LogP contribution >= 0.6 is 23.2 Å². The minimum atomic E-state index is -0.370. The molecule has 4 rings (SSSR count). The molecule has 0 aliphatic carbocycles. The number of hydrogen-bond donors (Lipinski definition) is 1. The topological polar surface area (TPSA) is 69.3 Å². The first-order chi connectivity index (χ1) is 15.0. The fraction of sp³-hybridized carbons (Fsp3) is 0.130. The number of nitrogens with zero attached hydrogens (tertiary/aromatic N) is 2. The number of aromatic nitrogens is 2. The Bertz CT molecular complexity index is 1220. The van der Waals surface area contributed by atoms with Gasteiger partial charge < -0.3 is 14.5 Å². The van der Waals surface area contributed by atoms with Gasteiger partial charge in [0.2, 0.25) is 0 Å². The van der Waals surface area contributed by atoms with Crippen LogP contribution in [0.15, 0.2) is 71.4 Å². The molecule has 0 saturated heterocycles. The number of nitrogens with one attached hydrogen (secondary N) is 1. The van der Waals surface area contributed by atoms with Crippen LogP contribution in [0.5, 0.6) is 5.75 Å². The van der Waals surface area contributed by atoms with Crippen molar-refractivity contribution in [2.45, 2.75) is 20.1 Å². The van der Waals surface area contributed by atoms with Crippen molar-refractivity contribution >= 4 is 34.8 Å². The number of rotatable bonds is 7. The van der Waals surface area contributed by atoms with Gasteiger partial charge in [-0.25, -0.2) is 0 Å². The Morgan fingerprint density at radius 3 is 2.84 bits per heavy atom. The van der Waals surface area contributed by atoms with Crippen LogP contribution in [0.3, 0.4) is 0 Å². The summed E-state index contributed by atoms with van der Waals surface area (Å²) >= 11 is 12.0. The van der Waals surface area contributed by atoms with Crippen LogP contribution in [0.4, 0.5) is 5.69 Å². The fourth-order valence-electron chi connectivity index (χ4n) is 3.02. The summed E-state index contributed by atoms with van der Waals surface area (Å²) in [5.74, 6) is 0.777. The highest BCUT2D eigenvalue weighted by atomic mass is 35.5. The highest BCUT2D eigenvalue weighted by Crippen LogP contribution is 2.28. The summed E-state index contributed by atoms with van der Waals surface area (Å²) in [6.07, 6.45) is 3.37. The predicted molar refractivity (Wildman–Crippen MR) is 120 cm³/mol. The van der Waals surface area contributed by atoms with E-state index in [9.17, 15) is 4.79 Å². The van der Waals surface area contributed by atoms with Gasteiger partial charge in [-0.15, -0.1) is 0 Å². The van der Waals surface area contributed by atoms with Crippen molar-refractivity contribution in [3.8, 4) is 5.75 Å². The van der Waals surface area contributed by atoms with Crippen molar-refractivity contribution < 1.29 is 13.9 Å². The van der Waals surface area contributed by atoms with E-state index < -0.39 is 0 Å². The predicted octanol–water partition coefficient (Wildman–Crippen LogP) is 5.97. The Kier molecular flexibility index (Phi) is 6.30. The molecule has 0 aliphatic heterocycles. The summed E-state index contributed by atoms with van der Waals surface area (Å²) in [4.78, 5) is 12.5. The molecule has 0 unspecified atom stereocenters. The van der Waals surface area contributed by atoms with Crippen molar-refractivity contribution in [3.63, 3.8) is 0 Å². The SMILES string of the molecule is Cc1cccc(Cn2cc(NC(=O)c3ccc(COc4ccc(Cl)cc4Cl)o3)cn2)c1. The molecule has 8 heteroatoms. The van der Waals surface area contributed by atoms with Crippen LogP contribution in [0.1, 0.15) is 27.4 Å². The van der Waals surface area contributed by atoms with Crippen molar-refractivity contribution in [1.82, 2.24) is 9.78 Å². The van der Waals surface area contributed by atoms with Gasteiger partial charge in [0.15, 0.2) is 5.76 Å². The van der Waals surface area contributed by atoms with Crippen molar-refractivity contribution in [2.24, 2.45) is 0 Å². The van der Waals surface area contributed by atoms with E-state index in [1.54, 1.807) is 47.4 Å². The van der Waals surface area contributed by atoms with Gasteiger partial charge in [0.25, 0.3) is 5.91 Å². The minimum absolute atomic E-state index is 0.128. The normalized spacial score (nSPS) is 10.8. The van der Waals surface area contributed by atoms with Gasteiger partial charge in [0, 0.05) is 11.2 Å². The van der Waals surface area contributed by atoms with E-state index in [-0.39, 0.29) is 18.3 Å². The standard InChI is InChI=1S/C23H19Cl2N3O3/c1-15-3-2-4-16(9-15)12-28-13-18(11-26-28)27-23(29)22-8-6-19(31-22)14-30-21-7-5-17(24)10-20(21)25/h2-11,13H,12,14H2,1H3,(H,27,29). The van der Waals surface area contributed by atoms with E-state index >= 15 is 0 Å². The second-order valence-corrected chi connectivity index (χ2v) is 7.84. The molecule has 2 aromatic carbocycles. The molecule has 31 heavy (non-hydrogen) atoms. The Balaban J connectivity index is 1.34. The van der Waals surface area contributed by atoms with Gasteiger partial charge in [-0.1, -0.05) is 53.0 Å². The molecule has 0 aliphatic rings. The molecule has 0 atom stereocenters. The van der Waals surface area contributed by atoms with E-state index in [1.807, 2.05) is 25.1 Å². The van der Waals surface area contributed by atoms with Gasteiger partial charge >= 0.3 is 0 Å². The van der Waals surface area contributed by atoms with Crippen molar-refractivity contribution in [2.75, 3.05) is 5.32 Å². The minimum Gasteiger partial charge on any atom is -0.484 e. The van der Waals surface area contributed by atoms with Gasteiger partial charge in [-0.05, 0) is 42.8 Å². The van der Waals surface area contributed by atoms with E-state index in [0.29, 0.717) is 33.8 Å². The highest BCUT2D eigenvalue weighted by molar-refractivity contribution is 6.35. The summed E-state index contributed by atoms with van der Waals surface area (Å²) in [6.45, 7) is 2.79. The maximum Gasteiger partial charge on any atom is 0.291 e. The molecular formula is C23H19Cl2N3O3. The second kappa shape index (κ2) is 9.29. The summed E-state index contributed by atoms with van der Waals surface area (Å²) in [7, 11) is 0. The van der Waals surface area contributed by atoms with Crippen LogP contribution in [-0.2, 0) is 13.2 Å². The first-order valence-electron chi connectivity index (χ1n) is 9.52. The zero-order chi connectivity index (χ0) is 21.8. The quantitative estimate of drug-likeness (QED) is 0.372. The molecule has 0 radical (unpaired) electrons. The van der Waals surface area contributed by atoms with E-state index in [0.717, 1.165) is 5.56 Å². The number of furan rings is 1. The number of ether oxygens (including phenoxy) is 1. The van der Waals surface area contributed by atoms with Crippen molar-refractivity contribution in [3.05, 3.63) is 99.7 Å². The zero-order valence-corrected chi connectivity index (χ0v) is 18.2. The third-order valence-corrected chi connectivity index (χ3v) is 5.00. The Morgan fingerprint density at radius 2 is 2.03 bits per heavy atom. The lowest BCUT2D eigenvalue weighted by molar-refractivity contribution is 0.0992. The lowest BCUT2D eigenvalue weighted by Crippen LogP contribution is -2.10. The third-order valence-electron chi connectivity index (χ3n) is 4.47. The monoisotopic (exact) mass is 455 g/mol. The first-order valence-corrected chi connectivity index (χ1v) is 10.3. The number of hydrogen-bond acceptors (Lipinski definition) is 4. The number of carbonyl (C=O) groups is 1. The average molecular weight is 456 g/mol. The van der Waals surface area contributed by atoms with Crippen LogP contribution in [0.25, 0.3) is 0 Å². The molecule has 1 amide bonds. The van der Waals surface area contributed by atoms with E-state index in [4.69, 9.17) is 32.4 Å². The summed E-state index contributed by atoms with van der Waals surface area (Å²) in [6, 6.07) is 16.4. The second-order valence-electron chi connectivity index (χ2n) is 7.00. The molecule has 0 spiro atoms. The Hall–Kier alpha value is -3.22. The molecular weight excluding hydrogens is 437 g/mol. The van der Waals surface area contributed by atoms with Crippen LogP contribution in [0, 0.1) is 6.92 Å². The average Bonchev–Trinajstić information content (AvgIpc) is 3.37. The van der Waals surface area contributed by atoms with E-state index in [2.05, 4.69) is 16.5 Å². The molecule has 6 nitrogen and oxygen atoms in total.